The highest BCUT2D eigenvalue weighted by molar-refractivity contribution is 7.78. The predicted octanol–water partition coefficient (Wildman–Crippen LogP) is 3.03. The Hall–Kier alpha value is 0.310. The molecule has 2 aliphatic carbocycles. The van der Waals surface area contributed by atoms with Gasteiger partial charge in [-0.05, 0) is 56.8 Å². The van der Waals surface area contributed by atoms with Crippen LogP contribution in [0.15, 0.2) is 0 Å². The van der Waals surface area contributed by atoms with Gasteiger partial charge in [-0.3, -0.25) is 4.72 Å². The molecule has 2 fully saturated rings. The molecule has 2 saturated carbocycles. The lowest BCUT2D eigenvalue weighted by atomic mass is 9.63. The van der Waals surface area contributed by atoms with E-state index in [0.29, 0.717) is 5.54 Å². The van der Waals surface area contributed by atoms with E-state index in [2.05, 4.69) is 31.4 Å². The standard InChI is InChI=1S/C11H21NS/c1-8-3-9-5-10(4-8)7-11(2,6-9)12-13/h8-10,12-13H,3-7H2,1-2H3/t8-,9+,10-,11?. The molecule has 2 aliphatic rings. The number of nitrogens with one attached hydrogen (secondary N) is 1. The van der Waals surface area contributed by atoms with Gasteiger partial charge in [-0.15, -0.1) is 0 Å². The quantitative estimate of drug-likeness (QED) is 0.619. The summed E-state index contributed by atoms with van der Waals surface area (Å²) in [6.07, 6.45) is 7.03. The molecule has 2 bridgehead atoms. The maximum atomic E-state index is 4.27. The maximum Gasteiger partial charge on any atom is 0.0257 e. The first-order valence-corrected chi connectivity index (χ1v) is 5.97. The molecule has 0 amide bonds. The summed E-state index contributed by atoms with van der Waals surface area (Å²) in [5.41, 5.74) is 0.316. The molecule has 0 aliphatic heterocycles. The van der Waals surface area contributed by atoms with Gasteiger partial charge in [0.05, 0.1) is 0 Å². The molecular formula is C11H21NS. The minimum absolute atomic E-state index is 0.316. The highest BCUT2D eigenvalue weighted by atomic mass is 32.1. The Morgan fingerprint density at radius 2 is 1.69 bits per heavy atom. The van der Waals surface area contributed by atoms with Crippen LogP contribution in [0.2, 0.25) is 0 Å². The fourth-order valence-corrected chi connectivity index (χ4v) is 3.86. The number of rotatable bonds is 1. The van der Waals surface area contributed by atoms with Crippen LogP contribution in [0, 0.1) is 17.8 Å². The van der Waals surface area contributed by atoms with E-state index in [1.165, 1.54) is 32.1 Å². The van der Waals surface area contributed by atoms with Crippen LogP contribution in [0.25, 0.3) is 0 Å². The van der Waals surface area contributed by atoms with Gasteiger partial charge < -0.3 is 0 Å². The summed E-state index contributed by atoms with van der Waals surface area (Å²) >= 11 is 4.27. The van der Waals surface area contributed by atoms with Crippen molar-refractivity contribution in [2.75, 3.05) is 0 Å². The average molecular weight is 199 g/mol. The van der Waals surface area contributed by atoms with Gasteiger partial charge in [0, 0.05) is 5.54 Å². The van der Waals surface area contributed by atoms with Gasteiger partial charge in [0.15, 0.2) is 0 Å². The van der Waals surface area contributed by atoms with Crippen LogP contribution in [0.5, 0.6) is 0 Å². The summed E-state index contributed by atoms with van der Waals surface area (Å²) in [4.78, 5) is 0. The first kappa shape index (κ1) is 9.85. The Labute approximate surface area is 87.2 Å². The molecule has 13 heavy (non-hydrogen) atoms. The lowest BCUT2D eigenvalue weighted by Gasteiger charge is -2.46. The molecule has 0 heterocycles. The van der Waals surface area contributed by atoms with Crippen LogP contribution in [-0.4, -0.2) is 5.54 Å². The normalized spacial score (nSPS) is 50.5. The second-order valence-electron chi connectivity index (χ2n) is 5.63. The van der Waals surface area contributed by atoms with Crippen molar-refractivity contribution in [1.82, 2.24) is 4.72 Å². The topological polar surface area (TPSA) is 12.0 Å². The Morgan fingerprint density at radius 3 is 2.15 bits per heavy atom. The molecule has 0 saturated heterocycles. The van der Waals surface area contributed by atoms with Crippen molar-refractivity contribution in [3.05, 3.63) is 0 Å². The molecule has 0 aromatic rings. The van der Waals surface area contributed by atoms with Crippen molar-refractivity contribution in [1.29, 1.82) is 0 Å². The van der Waals surface area contributed by atoms with E-state index in [0.717, 1.165) is 17.8 Å². The highest BCUT2D eigenvalue weighted by Gasteiger charge is 2.40. The van der Waals surface area contributed by atoms with Gasteiger partial charge in [0.1, 0.15) is 0 Å². The third-order valence-corrected chi connectivity index (χ3v) is 4.43. The van der Waals surface area contributed by atoms with Crippen LogP contribution in [0.3, 0.4) is 0 Å². The molecule has 1 nitrogen and oxygen atoms in total. The Balaban J connectivity index is 2.05. The van der Waals surface area contributed by atoms with Gasteiger partial charge in [-0.2, -0.15) is 0 Å². The molecule has 0 spiro atoms. The first-order chi connectivity index (χ1) is 6.11. The van der Waals surface area contributed by atoms with Crippen molar-refractivity contribution in [3.63, 3.8) is 0 Å². The summed E-state index contributed by atoms with van der Waals surface area (Å²) in [5.74, 6) is 2.90. The van der Waals surface area contributed by atoms with E-state index in [4.69, 9.17) is 0 Å². The number of hydrogen-bond donors (Lipinski definition) is 2. The summed E-state index contributed by atoms with van der Waals surface area (Å²) in [7, 11) is 0. The number of thiol groups is 1. The van der Waals surface area contributed by atoms with E-state index in [1.807, 2.05) is 0 Å². The van der Waals surface area contributed by atoms with Gasteiger partial charge in [-0.25, -0.2) is 0 Å². The lowest BCUT2D eigenvalue weighted by molar-refractivity contribution is 0.0873. The van der Waals surface area contributed by atoms with Crippen molar-refractivity contribution in [3.8, 4) is 0 Å². The molecular weight excluding hydrogens is 178 g/mol. The number of hydrogen-bond acceptors (Lipinski definition) is 2. The molecule has 2 rings (SSSR count). The summed E-state index contributed by atoms with van der Waals surface area (Å²) < 4.78 is 3.22. The monoisotopic (exact) mass is 199 g/mol. The van der Waals surface area contributed by atoms with E-state index in [1.54, 1.807) is 0 Å². The molecule has 0 aromatic carbocycles. The van der Waals surface area contributed by atoms with Gasteiger partial charge in [0.2, 0.25) is 0 Å². The summed E-state index contributed by atoms with van der Waals surface area (Å²) in [6.45, 7) is 4.74. The molecule has 4 atom stereocenters. The first-order valence-electron chi connectivity index (χ1n) is 5.52. The third kappa shape index (κ3) is 2.04. The SMILES string of the molecule is C[C@H]1C[C@@H]2C[C@H](C1)CC(C)(NS)C2. The predicted molar refractivity (Wildman–Crippen MR) is 59.8 cm³/mol. The highest BCUT2D eigenvalue weighted by Crippen LogP contribution is 2.46. The van der Waals surface area contributed by atoms with Crippen molar-refractivity contribution in [2.24, 2.45) is 17.8 Å². The average Bonchev–Trinajstić information content (AvgIpc) is 2.01. The molecule has 0 aromatic heterocycles. The lowest BCUT2D eigenvalue weighted by Crippen LogP contribution is -2.46. The van der Waals surface area contributed by atoms with Crippen LogP contribution < -0.4 is 4.72 Å². The zero-order chi connectivity index (χ0) is 9.47. The van der Waals surface area contributed by atoms with E-state index >= 15 is 0 Å². The molecule has 1 unspecified atom stereocenters. The van der Waals surface area contributed by atoms with Crippen molar-refractivity contribution >= 4 is 12.8 Å². The maximum absolute atomic E-state index is 4.27. The van der Waals surface area contributed by atoms with Crippen LogP contribution in [0.4, 0.5) is 0 Å². The minimum atomic E-state index is 0.316. The minimum Gasteiger partial charge on any atom is -0.261 e. The van der Waals surface area contributed by atoms with Gasteiger partial charge in [-0.1, -0.05) is 19.7 Å². The summed E-state index contributed by atoms with van der Waals surface area (Å²) in [5, 5.41) is 0. The van der Waals surface area contributed by atoms with Crippen LogP contribution in [-0.2, 0) is 0 Å². The Morgan fingerprint density at radius 1 is 1.15 bits per heavy atom. The third-order valence-electron chi connectivity index (χ3n) is 3.89. The fourth-order valence-electron chi connectivity index (χ4n) is 3.68. The largest absolute Gasteiger partial charge is 0.261 e. The molecule has 0 radical (unpaired) electrons. The zero-order valence-electron chi connectivity index (χ0n) is 8.71. The molecule has 76 valence electrons. The smallest absolute Gasteiger partial charge is 0.0257 e. The van der Waals surface area contributed by atoms with Crippen molar-refractivity contribution in [2.45, 2.75) is 51.5 Å². The molecule has 2 heteroatoms. The van der Waals surface area contributed by atoms with Crippen molar-refractivity contribution < 1.29 is 0 Å². The fraction of sp³-hybridized carbons (Fsp3) is 1.00. The molecule has 1 N–H and O–H groups in total. The Kier molecular flexibility index (Phi) is 2.63. The number of fused-ring (bicyclic) bond motifs is 2. The van der Waals surface area contributed by atoms with Crippen LogP contribution in [0.1, 0.15) is 46.0 Å². The van der Waals surface area contributed by atoms with Gasteiger partial charge in [0.25, 0.3) is 0 Å². The Bertz CT molecular complexity index is 175. The summed E-state index contributed by atoms with van der Waals surface area (Å²) in [6, 6.07) is 0. The zero-order valence-corrected chi connectivity index (χ0v) is 9.61. The van der Waals surface area contributed by atoms with E-state index < -0.39 is 0 Å². The van der Waals surface area contributed by atoms with Gasteiger partial charge >= 0.3 is 0 Å². The van der Waals surface area contributed by atoms with E-state index in [-0.39, 0.29) is 0 Å². The van der Waals surface area contributed by atoms with Crippen LogP contribution >= 0.6 is 12.8 Å². The second kappa shape index (κ2) is 3.47. The van der Waals surface area contributed by atoms with E-state index in [9.17, 15) is 0 Å². The second-order valence-corrected chi connectivity index (χ2v) is 5.85.